The largest absolute Gasteiger partial charge is 0.350 e. The Labute approximate surface area is 177 Å². The van der Waals surface area contributed by atoms with E-state index in [1.807, 2.05) is 38.1 Å². The summed E-state index contributed by atoms with van der Waals surface area (Å²) in [6.45, 7) is 7.68. The first-order chi connectivity index (χ1) is 14.0. The molecular formula is C23H31N3O2S. The summed E-state index contributed by atoms with van der Waals surface area (Å²) in [5, 5.41) is 5.95. The summed E-state index contributed by atoms with van der Waals surface area (Å²) in [5.41, 5.74) is 1.54. The van der Waals surface area contributed by atoms with Gasteiger partial charge < -0.3 is 10.6 Å². The molecule has 1 saturated heterocycles. The van der Waals surface area contributed by atoms with Gasteiger partial charge in [-0.2, -0.15) is 0 Å². The van der Waals surface area contributed by atoms with E-state index in [1.54, 1.807) is 17.4 Å². The third-order valence-corrected chi connectivity index (χ3v) is 6.41. The van der Waals surface area contributed by atoms with Crippen molar-refractivity contribution in [2.24, 2.45) is 0 Å². The lowest BCUT2D eigenvalue weighted by atomic mass is 10.1. The number of carbonyl (C=O) groups excluding carboxylic acids is 2. The van der Waals surface area contributed by atoms with Crippen LogP contribution in [0, 0.1) is 0 Å². The van der Waals surface area contributed by atoms with Crippen LogP contribution < -0.4 is 10.6 Å². The molecule has 2 amide bonds. The molecule has 6 heteroatoms. The quantitative estimate of drug-likeness (QED) is 0.682. The fraction of sp³-hybridized carbons (Fsp3) is 0.478. The number of hydrogen-bond donors (Lipinski definition) is 2. The molecule has 5 nitrogen and oxygen atoms in total. The van der Waals surface area contributed by atoms with Gasteiger partial charge in [-0.15, -0.1) is 11.3 Å². The first kappa shape index (κ1) is 21.5. The van der Waals surface area contributed by atoms with Gasteiger partial charge in [-0.3, -0.25) is 14.5 Å². The van der Waals surface area contributed by atoms with Gasteiger partial charge in [0.05, 0.1) is 4.88 Å². The van der Waals surface area contributed by atoms with E-state index in [4.69, 9.17) is 0 Å². The maximum absolute atomic E-state index is 12.5. The fourth-order valence-electron chi connectivity index (χ4n) is 3.42. The molecule has 2 heterocycles. The monoisotopic (exact) mass is 413 g/mol. The number of piperidine rings is 1. The summed E-state index contributed by atoms with van der Waals surface area (Å²) >= 11 is 1.57. The number of carbonyl (C=O) groups is 2. The van der Waals surface area contributed by atoms with Crippen LogP contribution in [0.15, 0.2) is 36.4 Å². The van der Waals surface area contributed by atoms with Crippen LogP contribution >= 0.6 is 11.3 Å². The van der Waals surface area contributed by atoms with E-state index in [1.165, 1.54) is 24.1 Å². The molecule has 1 atom stereocenters. The van der Waals surface area contributed by atoms with Gasteiger partial charge in [0.1, 0.15) is 0 Å². The van der Waals surface area contributed by atoms with Crippen molar-refractivity contribution < 1.29 is 9.59 Å². The number of amides is 2. The van der Waals surface area contributed by atoms with Crippen LogP contribution in [0.5, 0.6) is 0 Å². The minimum Gasteiger partial charge on any atom is -0.350 e. The van der Waals surface area contributed by atoms with Gasteiger partial charge in [-0.25, -0.2) is 0 Å². The van der Waals surface area contributed by atoms with Crippen molar-refractivity contribution in [2.75, 3.05) is 13.1 Å². The highest BCUT2D eigenvalue weighted by atomic mass is 32.1. The summed E-state index contributed by atoms with van der Waals surface area (Å²) in [6.07, 6.45) is 4.76. The Hall–Kier alpha value is -2.18. The third-order valence-electron chi connectivity index (χ3n) is 5.35. The molecule has 1 aliphatic rings. The smallest absolute Gasteiger partial charge is 0.261 e. The molecule has 3 rings (SSSR count). The highest BCUT2D eigenvalue weighted by molar-refractivity contribution is 7.14. The maximum Gasteiger partial charge on any atom is 0.261 e. The van der Waals surface area contributed by atoms with E-state index in [2.05, 4.69) is 21.6 Å². The molecular weight excluding hydrogens is 382 g/mol. The van der Waals surface area contributed by atoms with Crippen molar-refractivity contribution in [3.8, 4) is 0 Å². The molecule has 29 heavy (non-hydrogen) atoms. The highest BCUT2D eigenvalue weighted by Crippen LogP contribution is 2.20. The average molecular weight is 414 g/mol. The Morgan fingerprint density at radius 1 is 1.10 bits per heavy atom. The Kier molecular flexibility index (Phi) is 7.83. The molecule has 0 aliphatic carbocycles. The van der Waals surface area contributed by atoms with Gasteiger partial charge in [0, 0.05) is 29.6 Å². The Morgan fingerprint density at radius 3 is 2.66 bits per heavy atom. The van der Waals surface area contributed by atoms with Crippen LogP contribution in [0.3, 0.4) is 0 Å². The van der Waals surface area contributed by atoms with Crippen molar-refractivity contribution in [1.29, 1.82) is 0 Å². The summed E-state index contributed by atoms with van der Waals surface area (Å²) in [6, 6.07) is 11.5. The van der Waals surface area contributed by atoms with E-state index < -0.39 is 0 Å². The lowest BCUT2D eigenvalue weighted by molar-refractivity contribution is 0.0937. The molecule has 1 aromatic carbocycles. The van der Waals surface area contributed by atoms with Crippen molar-refractivity contribution in [3.63, 3.8) is 0 Å². The summed E-state index contributed by atoms with van der Waals surface area (Å²) in [7, 11) is 0. The second kappa shape index (κ2) is 10.6. The number of nitrogens with one attached hydrogen (secondary N) is 2. The van der Waals surface area contributed by atoms with Gasteiger partial charge in [0.15, 0.2) is 0 Å². The van der Waals surface area contributed by atoms with Crippen LogP contribution in [0.4, 0.5) is 0 Å². The minimum absolute atomic E-state index is 0.0608. The van der Waals surface area contributed by atoms with Crippen molar-refractivity contribution in [2.45, 2.75) is 58.7 Å². The molecule has 1 fully saturated rings. The lowest BCUT2D eigenvalue weighted by Crippen LogP contribution is -2.32. The van der Waals surface area contributed by atoms with Gasteiger partial charge in [0.2, 0.25) is 0 Å². The Morgan fingerprint density at radius 2 is 1.90 bits per heavy atom. The van der Waals surface area contributed by atoms with Crippen molar-refractivity contribution >= 4 is 23.2 Å². The molecule has 2 aromatic rings. The molecule has 0 bridgehead atoms. The summed E-state index contributed by atoms with van der Waals surface area (Å²) in [5.74, 6) is -0.137. The van der Waals surface area contributed by atoms with E-state index in [-0.39, 0.29) is 17.9 Å². The zero-order valence-electron chi connectivity index (χ0n) is 17.4. The number of rotatable bonds is 8. The Bertz CT molecular complexity index is 827. The molecule has 2 N–H and O–H groups in total. The molecule has 0 unspecified atom stereocenters. The summed E-state index contributed by atoms with van der Waals surface area (Å²) in [4.78, 5) is 29.3. The SMILES string of the molecule is CC[C@H](C)NC(=O)c1cccc(CNC(=O)c2ccc(CN3CCCCC3)s2)c1. The second-order valence-corrected chi connectivity index (χ2v) is 8.94. The van der Waals surface area contributed by atoms with E-state index in [0.717, 1.165) is 36.5 Å². The first-order valence-corrected chi connectivity index (χ1v) is 11.4. The number of likely N-dealkylation sites (tertiary alicyclic amines) is 1. The minimum atomic E-state index is -0.0758. The molecule has 1 aromatic heterocycles. The van der Waals surface area contributed by atoms with Crippen molar-refractivity contribution in [3.05, 3.63) is 57.3 Å². The van der Waals surface area contributed by atoms with Gasteiger partial charge in [-0.1, -0.05) is 25.5 Å². The molecule has 0 spiro atoms. The number of nitrogens with zero attached hydrogens (tertiary/aromatic N) is 1. The highest BCUT2D eigenvalue weighted by Gasteiger charge is 2.14. The first-order valence-electron chi connectivity index (χ1n) is 10.5. The Balaban J connectivity index is 1.53. The number of thiophene rings is 1. The normalized spacial score (nSPS) is 15.7. The van der Waals surface area contributed by atoms with Crippen LogP contribution in [-0.2, 0) is 13.1 Å². The van der Waals surface area contributed by atoms with E-state index >= 15 is 0 Å². The van der Waals surface area contributed by atoms with Crippen LogP contribution in [-0.4, -0.2) is 35.8 Å². The van der Waals surface area contributed by atoms with Crippen LogP contribution in [0.25, 0.3) is 0 Å². The summed E-state index contributed by atoms with van der Waals surface area (Å²) < 4.78 is 0. The predicted molar refractivity (Wildman–Crippen MR) is 118 cm³/mol. The van der Waals surface area contributed by atoms with Gasteiger partial charge in [-0.05, 0) is 69.1 Å². The van der Waals surface area contributed by atoms with Crippen molar-refractivity contribution in [1.82, 2.24) is 15.5 Å². The average Bonchev–Trinajstić information content (AvgIpc) is 3.21. The zero-order valence-corrected chi connectivity index (χ0v) is 18.2. The van der Waals surface area contributed by atoms with Gasteiger partial charge in [0.25, 0.3) is 11.8 Å². The van der Waals surface area contributed by atoms with Crippen LogP contribution in [0.2, 0.25) is 0 Å². The van der Waals surface area contributed by atoms with Crippen LogP contribution in [0.1, 0.15) is 70.0 Å². The van der Waals surface area contributed by atoms with Gasteiger partial charge >= 0.3 is 0 Å². The number of hydrogen-bond acceptors (Lipinski definition) is 4. The third kappa shape index (κ3) is 6.41. The molecule has 0 radical (unpaired) electrons. The molecule has 1 aliphatic heterocycles. The lowest BCUT2D eigenvalue weighted by Gasteiger charge is -2.25. The topological polar surface area (TPSA) is 61.4 Å². The van der Waals surface area contributed by atoms with E-state index in [0.29, 0.717) is 12.1 Å². The molecule has 0 saturated carbocycles. The zero-order chi connectivity index (χ0) is 20.6. The standard InChI is InChI=1S/C23H31N3O2S/c1-3-17(2)25-22(27)19-9-7-8-18(14-19)15-24-23(28)21-11-10-20(29-21)16-26-12-5-4-6-13-26/h7-11,14,17H,3-6,12-13,15-16H2,1-2H3,(H,24,28)(H,25,27)/t17-/m0/s1. The molecule has 156 valence electrons. The fourth-order valence-corrected chi connectivity index (χ4v) is 4.39. The van der Waals surface area contributed by atoms with E-state index in [9.17, 15) is 9.59 Å². The number of benzene rings is 1. The maximum atomic E-state index is 12.5. The predicted octanol–water partition coefficient (Wildman–Crippen LogP) is 4.19. The second-order valence-electron chi connectivity index (χ2n) is 7.77.